The summed E-state index contributed by atoms with van der Waals surface area (Å²) in [4.78, 5) is 12.7. The molecule has 2 aromatic carbocycles. The van der Waals surface area contributed by atoms with E-state index in [9.17, 15) is 4.79 Å². The third kappa shape index (κ3) is 3.59. The standard InChI is InChI=1S/C20H20ClN3O/c1-13(2)15-8-7-9-16(12-15)22-20(25)18-14(3)23-24(19(18)21)17-10-5-4-6-11-17/h4-13H,1-3H3,(H,22,25). The van der Waals surface area contributed by atoms with Crippen molar-refractivity contribution in [3.63, 3.8) is 0 Å². The van der Waals surface area contributed by atoms with Crippen molar-refractivity contribution < 1.29 is 4.79 Å². The van der Waals surface area contributed by atoms with E-state index in [1.165, 1.54) is 5.56 Å². The minimum atomic E-state index is -0.259. The Hall–Kier alpha value is -2.59. The minimum absolute atomic E-state index is 0.259. The Bertz CT molecular complexity index is 901. The van der Waals surface area contributed by atoms with Gasteiger partial charge in [-0.05, 0) is 42.7 Å². The van der Waals surface area contributed by atoms with Crippen LogP contribution in [0.25, 0.3) is 5.69 Å². The third-order valence-electron chi connectivity index (χ3n) is 4.04. The summed E-state index contributed by atoms with van der Waals surface area (Å²) in [5, 5.41) is 7.64. The SMILES string of the molecule is Cc1nn(-c2ccccc2)c(Cl)c1C(=O)Nc1cccc(C(C)C)c1. The quantitative estimate of drug-likeness (QED) is 0.699. The zero-order valence-electron chi connectivity index (χ0n) is 14.5. The Morgan fingerprint density at radius 2 is 1.84 bits per heavy atom. The highest BCUT2D eigenvalue weighted by Crippen LogP contribution is 2.25. The van der Waals surface area contributed by atoms with Crippen LogP contribution in [0.2, 0.25) is 5.15 Å². The normalized spacial score (nSPS) is 10.9. The predicted octanol–water partition coefficient (Wildman–Crippen LogP) is 5.21. The molecule has 3 aromatic rings. The zero-order chi connectivity index (χ0) is 18.0. The number of aromatic nitrogens is 2. The van der Waals surface area contributed by atoms with Crippen molar-refractivity contribution >= 4 is 23.2 Å². The summed E-state index contributed by atoms with van der Waals surface area (Å²) < 4.78 is 1.58. The Morgan fingerprint density at radius 3 is 2.52 bits per heavy atom. The van der Waals surface area contributed by atoms with Crippen LogP contribution in [0.5, 0.6) is 0 Å². The number of hydrogen-bond acceptors (Lipinski definition) is 2. The Labute approximate surface area is 152 Å². The van der Waals surface area contributed by atoms with Crippen LogP contribution in [-0.4, -0.2) is 15.7 Å². The van der Waals surface area contributed by atoms with Gasteiger partial charge in [-0.15, -0.1) is 0 Å². The monoisotopic (exact) mass is 353 g/mol. The zero-order valence-corrected chi connectivity index (χ0v) is 15.2. The second-order valence-corrected chi connectivity index (χ2v) is 6.59. The van der Waals surface area contributed by atoms with Gasteiger partial charge in [-0.3, -0.25) is 4.79 Å². The van der Waals surface area contributed by atoms with Gasteiger partial charge in [-0.1, -0.05) is 55.8 Å². The molecule has 4 nitrogen and oxygen atoms in total. The molecule has 5 heteroatoms. The summed E-state index contributed by atoms with van der Waals surface area (Å²) in [6.45, 7) is 6.02. The maximum atomic E-state index is 12.7. The number of halogens is 1. The largest absolute Gasteiger partial charge is 0.322 e. The molecule has 0 fully saturated rings. The average molecular weight is 354 g/mol. The van der Waals surface area contributed by atoms with Gasteiger partial charge >= 0.3 is 0 Å². The fourth-order valence-electron chi connectivity index (χ4n) is 2.67. The van der Waals surface area contributed by atoms with Crippen LogP contribution in [0.15, 0.2) is 54.6 Å². The van der Waals surface area contributed by atoms with Gasteiger partial charge in [0.2, 0.25) is 0 Å². The van der Waals surface area contributed by atoms with E-state index in [0.717, 1.165) is 11.4 Å². The predicted molar refractivity (Wildman–Crippen MR) is 102 cm³/mol. The highest BCUT2D eigenvalue weighted by atomic mass is 35.5. The molecule has 1 aromatic heterocycles. The molecule has 1 N–H and O–H groups in total. The van der Waals surface area contributed by atoms with Crippen molar-refractivity contribution in [3.05, 3.63) is 76.6 Å². The smallest absolute Gasteiger partial charge is 0.260 e. The van der Waals surface area contributed by atoms with Gasteiger partial charge in [0.25, 0.3) is 5.91 Å². The van der Waals surface area contributed by atoms with Crippen molar-refractivity contribution in [1.82, 2.24) is 9.78 Å². The number of carbonyl (C=O) groups excluding carboxylic acids is 1. The Morgan fingerprint density at radius 1 is 1.12 bits per heavy atom. The number of rotatable bonds is 4. The molecule has 1 amide bonds. The van der Waals surface area contributed by atoms with Crippen molar-refractivity contribution in [3.8, 4) is 5.69 Å². The molecule has 0 saturated carbocycles. The van der Waals surface area contributed by atoms with Crippen LogP contribution in [-0.2, 0) is 0 Å². The van der Waals surface area contributed by atoms with E-state index in [2.05, 4.69) is 24.3 Å². The van der Waals surface area contributed by atoms with Gasteiger partial charge < -0.3 is 5.32 Å². The Kier molecular flexibility index (Phi) is 4.91. The molecule has 128 valence electrons. The van der Waals surface area contributed by atoms with Crippen molar-refractivity contribution in [2.45, 2.75) is 26.7 Å². The first kappa shape index (κ1) is 17.2. The fourth-order valence-corrected chi connectivity index (χ4v) is 3.02. The molecule has 0 atom stereocenters. The molecule has 0 aliphatic carbocycles. The van der Waals surface area contributed by atoms with Gasteiger partial charge in [0.15, 0.2) is 0 Å². The summed E-state index contributed by atoms with van der Waals surface area (Å²) in [5.74, 6) is 0.133. The molecule has 25 heavy (non-hydrogen) atoms. The summed E-state index contributed by atoms with van der Waals surface area (Å²) in [7, 11) is 0. The number of benzene rings is 2. The van der Waals surface area contributed by atoms with Crippen molar-refractivity contribution in [2.75, 3.05) is 5.32 Å². The van der Waals surface area contributed by atoms with Gasteiger partial charge in [0, 0.05) is 5.69 Å². The molecule has 0 radical (unpaired) electrons. The molecular formula is C20H20ClN3O. The van der Waals surface area contributed by atoms with Crippen LogP contribution in [0, 0.1) is 6.92 Å². The summed E-state index contributed by atoms with van der Waals surface area (Å²) in [6, 6.07) is 17.3. The number of hydrogen-bond donors (Lipinski definition) is 1. The highest BCUT2D eigenvalue weighted by Gasteiger charge is 2.21. The summed E-state index contributed by atoms with van der Waals surface area (Å²) >= 11 is 6.45. The summed E-state index contributed by atoms with van der Waals surface area (Å²) in [6.07, 6.45) is 0. The molecule has 0 bridgehead atoms. The first-order chi connectivity index (χ1) is 12.0. The number of nitrogens with zero attached hydrogens (tertiary/aromatic N) is 2. The molecule has 0 saturated heterocycles. The maximum absolute atomic E-state index is 12.7. The number of aryl methyl sites for hydroxylation is 1. The van der Waals surface area contributed by atoms with Crippen molar-refractivity contribution in [1.29, 1.82) is 0 Å². The average Bonchev–Trinajstić information content (AvgIpc) is 2.90. The van der Waals surface area contributed by atoms with Gasteiger partial charge in [-0.25, -0.2) is 4.68 Å². The van der Waals surface area contributed by atoms with Crippen LogP contribution >= 0.6 is 11.6 Å². The molecular weight excluding hydrogens is 334 g/mol. The molecule has 0 unspecified atom stereocenters. The van der Waals surface area contributed by atoms with E-state index in [1.54, 1.807) is 11.6 Å². The topological polar surface area (TPSA) is 46.9 Å². The molecule has 3 rings (SSSR count). The van der Waals surface area contributed by atoms with Gasteiger partial charge in [-0.2, -0.15) is 5.10 Å². The van der Waals surface area contributed by atoms with Gasteiger partial charge in [0.05, 0.1) is 11.4 Å². The molecule has 1 heterocycles. The van der Waals surface area contributed by atoms with Crippen LogP contribution in [0.4, 0.5) is 5.69 Å². The lowest BCUT2D eigenvalue weighted by Crippen LogP contribution is -2.13. The maximum Gasteiger partial charge on any atom is 0.260 e. The second kappa shape index (κ2) is 7.11. The third-order valence-corrected chi connectivity index (χ3v) is 4.39. The van der Waals surface area contributed by atoms with Crippen LogP contribution < -0.4 is 5.32 Å². The van der Waals surface area contributed by atoms with E-state index >= 15 is 0 Å². The lowest BCUT2D eigenvalue weighted by Gasteiger charge is -2.09. The van der Waals surface area contributed by atoms with Crippen LogP contribution in [0.3, 0.4) is 0 Å². The van der Waals surface area contributed by atoms with E-state index in [0.29, 0.717) is 22.3 Å². The lowest BCUT2D eigenvalue weighted by atomic mass is 10.0. The number of anilines is 1. The first-order valence-electron chi connectivity index (χ1n) is 8.19. The molecule has 0 spiro atoms. The minimum Gasteiger partial charge on any atom is -0.322 e. The van der Waals surface area contributed by atoms with E-state index in [-0.39, 0.29) is 5.91 Å². The number of carbonyl (C=O) groups is 1. The van der Waals surface area contributed by atoms with E-state index < -0.39 is 0 Å². The number of para-hydroxylation sites is 1. The van der Waals surface area contributed by atoms with Crippen LogP contribution in [0.1, 0.15) is 41.4 Å². The van der Waals surface area contributed by atoms with E-state index in [4.69, 9.17) is 11.6 Å². The van der Waals surface area contributed by atoms with E-state index in [1.807, 2.05) is 54.6 Å². The van der Waals surface area contributed by atoms with Crippen molar-refractivity contribution in [2.24, 2.45) is 0 Å². The summed E-state index contributed by atoms with van der Waals surface area (Å²) in [5.41, 5.74) is 3.71. The lowest BCUT2D eigenvalue weighted by molar-refractivity contribution is 0.102. The molecule has 0 aliphatic heterocycles. The number of amides is 1. The highest BCUT2D eigenvalue weighted by molar-refractivity contribution is 6.34. The number of nitrogens with one attached hydrogen (secondary N) is 1. The Balaban J connectivity index is 1.91. The fraction of sp³-hybridized carbons (Fsp3) is 0.200. The van der Waals surface area contributed by atoms with Gasteiger partial charge in [0.1, 0.15) is 10.7 Å². The second-order valence-electron chi connectivity index (χ2n) is 6.23. The first-order valence-corrected chi connectivity index (χ1v) is 8.57. The molecule has 0 aliphatic rings.